The molecule has 0 aliphatic carbocycles. The minimum Gasteiger partial charge on any atom is -0.363 e. The van der Waals surface area contributed by atoms with E-state index in [9.17, 15) is 13.2 Å². The predicted octanol–water partition coefficient (Wildman–Crippen LogP) is 2.17. The molecule has 0 saturated carbocycles. The second kappa shape index (κ2) is 8.65. The Morgan fingerprint density at radius 3 is 2.45 bits per heavy atom. The van der Waals surface area contributed by atoms with Crippen LogP contribution in [-0.2, 0) is 10.0 Å². The Bertz CT molecular complexity index is 1150. The lowest BCUT2D eigenvalue weighted by Crippen LogP contribution is -2.55. The predicted molar refractivity (Wildman–Crippen MR) is 118 cm³/mol. The highest BCUT2D eigenvalue weighted by atomic mass is 32.2. The lowest BCUT2D eigenvalue weighted by atomic mass is 10.1. The van der Waals surface area contributed by atoms with Gasteiger partial charge < -0.3 is 9.80 Å². The van der Waals surface area contributed by atoms with Crippen LogP contribution >= 0.6 is 0 Å². The number of benzene rings is 1. The van der Waals surface area contributed by atoms with Gasteiger partial charge in [0.25, 0.3) is 5.91 Å². The maximum absolute atomic E-state index is 13.2. The largest absolute Gasteiger partial charge is 0.363 e. The van der Waals surface area contributed by atoms with Crippen LogP contribution in [0.4, 0.5) is 5.82 Å². The van der Waals surface area contributed by atoms with Crippen LogP contribution in [0.1, 0.15) is 34.1 Å². The number of amides is 1. The smallest absolute Gasteiger partial charge is 0.256 e. The number of piperazine rings is 1. The van der Waals surface area contributed by atoms with Gasteiger partial charge in [0.2, 0.25) is 10.0 Å². The number of hydrogen-bond donors (Lipinski definition) is 0. The summed E-state index contributed by atoms with van der Waals surface area (Å²) in [6.45, 7) is 6.05. The third kappa shape index (κ3) is 4.40. The fourth-order valence-corrected chi connectivity index (χ4v) is 5.49. The molecule has 1 aliphatic heterocycles. The summed E-state index contributed by atoms with van der Waals surface area (Å²) in [7, 11) is 0.0593. The number of carbonyl (C=O) groups is 1. The molecule has 0 N–H and O–H groups in total. The lowest BCUT2D eigenvalue weighted by Gasteiger charge is -2.39. The Balaban J connectivity index is 1.79. The molecule has 1 aromatic carbocycles. The summed E-state index contributed by atoms with van der Waals surface area (Å²) in [6, 6.07) is 9.87. The molecule has 2 aromatic rings. The van der Waals surface area contributed by atoms with Gasteiger partial charge in [0, 0.05) is 39.8 Å². The molecule has 2 heterocycles. The molecule has 1 saturated heterocycles. The number of carbonyl (C=O) groups excluding carboxylic acids is 1. The van der Waals surface area contributed by atoms with Crippen LogP contribution in [0.3, 0.4) is 0 Å². The van der Waals surface area contributed by atoms with E-state index < -0.39 is 10.0 Å². The molecule has 0 bridgehead atoms. The minimum atomic E-state index is -3.72. The Kier molecular flexibility index (Phi) is 6.34. The molecule has 1 fully saturated rings. The van der Waals surface area contributed by atoms with Crippen molar-refractivity contribution in [2.24, 2.45) is 0 Å². The van der Waals surface area contributed by atoms with Crippen LogP contribution in [0.5, 0.6) is 0 Å². The van der Waals surface area contributed by atoms with Gasteiger partial charge in [-0.3, -0.25) is 4.79 Å². The Morgan fingerprint density at radius 2 is 1.90 bits per heavy atom. The van der Waals surface area contributed by atoms with Crippen LogP contribution in [0.25, 0.3) is 0 Å². The van der Waals surface area contributed by atoms with Crippen LogP contribution in [0.15, 0.2) is 35.2 Å². The number of nitrogens with zero attached hydrogens (tertiary/aromatic N) is 5. The molecule has 1 amide bonds. The van der Waals surface area contributed by atoms with Crippen molar-refractivity contribution < 1.29 is 13.2 Å². The van der Waals surface area contributed by atoms with E-state index in [-0.39, 0.29) is 29.9 Å². The molecule has 1 aromatic heterocycles. The van der Waals surface area contributed by atoms with E-state index in [1.807, 2.05) is 32.0 Å². The van der Waals surface area contributed by atoms with Crippen LogP contribution in [0, 0.1) is 25.2 Å². The quantitative estimate of drug-likeness (QED) is 0.721. The van der Waals surface area contributed by atoms with E-state index in [0.29, 0.717) is 28.9 Å². The van der Waals surface area contributed by atoms with E-state index in [1.165, 1.54) is 16.4 Å². The topological polar surface area (TPSA) is 97.6 Å². The van der Waals surface area contributed by atoms with E-state index in [1.54, 1.807) is 36.9 Å². The van der Waals surface area contributed by atoms with E-state index in [4.69, 9.17) is 5.26 Å². The average Bonchev–Trinajstić information content (AvgIpc) is 2.72. The minimum absolute atomic E-state index is 0.144. The van der Waals surface area contributed by atoms with E-state index >= 15 is 0 Å². The molecule has 8 nitrogen and oxygen atoms in total. The summed E-state index contributed by atoms with van der Waals surface area (Å²) in [5.74, 6) is 0.630. The molecule has 1 atom stereocenters. The number of pyridine rings is 1. The van der Waals surface area contributed by atoms with Gasteiger partial charge >= 0.3 is 0 Å². The van der Waals surface area contributed by atoms with Crippen LogP contribution in [-0.4, -0.2) is 68.3 Å². The Hall–Kier alpha value is -2.96. The molecule has 164 valence electrons. The number of rotatable bonds is 4. The number of aromatic nitrogens is 1. The highest BCUT2D eigenvalue weighted by Gasteiger charge is 2.35. The number of nitriles is 1. The summed E-state index contributed by atoms with van der Waals surface area (Å²) >= 11 is 0. The highest BCUT2D eigenvalue weighted by Crippen LogP contribution is 2.25. The van der Waals surface area contributed by atoms with Gasteiger partial charge in [0.05, 0.1) is 27.8 Å². The fraction of sp³-hybridized carbons (Fsp3) is 0.409. The monoisotopic (exact) mass is 441 g/mol. The van der Waals surface area contributed by atoms with Crippen molar-refractivity contribution in [1.29, 1.82) is 5.26 Å². The molecule has 0 spiro atoms. The maximum Gasteiger partial charge on any atom is 0.256 e. The van der Waals surface area contributed by atoms with Gasteiger partial charge in [-0.2, -0.15) is 9.57 Å². The van der Waals surface area contributed by atoms with Gasteiger partial charge in [-0.1, -0.05) is 0 Å². The molecule has 31 heavy (non-hydrogen) atoms. The zero-order valence-corrected chi connectivity index (χ0v) is 19.3. The number of hydrogen-bond acceptors (Lipinski definition) is 6. The van der Waals surface area contributed by atoms with Crippen molar-refractivity contribution in [3.8, 4) is 6.07 Å². The summed E-state index contributed by atoms with van der Waals surface area (Å²) in [4.78, 5) is 21.4. The lowest BCUT2D eigenvalue weighted by molar-refractivity contribution is 0.0590. The number of aryl methyl sites for hydroxylation is 2. The first-order valence-corrected chi connectivity index (χ1v) is 11.5. The van der Waals surface area contributed by atoms with Crippen molar-refractivity contribution in [1.82, 2.24) is 14.2 Å². The third-order valence-electron chi connectivity index (χ3n) is 5.53. The summed E-state index contributed by atoms with van der Waals surface area (Å²) < 4.78 is 27.8. The molecule has 1 aliphatic rings. The second-order valence-corrected chi connectivity index (χ2v) is 9.91. The zero-order chi connectivity index (χ0) is 22.9. The Labute approximate surface area is 183 Å². The van der Waals surface area contributed by atoms with Gasteiger partial charge in [0.15, 0.2) is 0 Å². The average molecular weight is 442 g/mol. The SMILES string of the molecule is Cc1cc(C#N)ccc1S(=O)(=O)N1CCN(C(=O)c2ccc(N(C)C)nc2C)[C@@H](C)C1. The van der Waals surface area contributed by atoms with E-state index in [2.05, 4.69) is 4.98 Å². The highest BCUT2D eigenvalue weighted by molar-refractivity contribution is 7.89. The van der Waals surface area contributed by atoms with Crippen LogP contribution in [0.2, 0.25) is 0 Å². The maximum atomic E-state index is 13.2. The molecule has 3 rings (SSSR count). The fourth-order valence-electron chi connectivity index (χ4n) is 3.77. The van der Waals surface area contributed by atoms with Crippen molar-refractivity contribution in [2.75, 3.05) is 38.6 Å². The molecule has 0 unspecified atom stereocenters. The normalized spacial score (nSPS) is 17.3. The molecule has 0 radical (unpaired) electrons. The first-order chi connectivity index (χ1) is 14.6. The van der Waals surface area contributed by atoms with Crippen molar-refractivity contribution >= 4 is 21.7 Å². The number of sulfonamides is 1. The van der Waals surface area contributed by atoms with Crippen molar-refractivity contribution in [3.05, 3.63) is 52.7 Å². The standard InChI is InChI=1S/C22H27N5O3S/c1-15-12-18(13-23)6-8-20(15)31(29,30)26-10-11-27(16(2)14-26)22(28)19-7-9-21(25(4)5)24-17(19)3/h6-9,12,16H,10-11,14H2,1-5H3/t16-/m0/s1. The first-order valence-electron chi connectivity index (χ1n) is 10.0. The van der Waals surface area contributed by atoms with Crippen molar-refractivity contribution in [3.63, 3.8) is 0 Å². The zero-order valence-electron chi connectivity index (χ0n) is 18.5. The van der Waals surface area contributed by atoms with Crippen molar-refractivity contribution in [2.45, 2.75) is 31.7 Å². The molecular formula is C22H27N5O3S. The van der Waals surface area contributed by atoms with Gasteiger partial charge in [-0.15, -0.1) is 0 Å². The molecular weight excluding hydrogens is 414 g/mol. The second-order valence-electron chi connectivity index (χ2n) is 8.00. The van der Waals surface area contributed by atoms with Gasteiger partial charge in [-0.25, -0.2) is 13.4 Å². The molecule has 9 heteroatoms. The summed E-state index contributed by atoms with van der Waals surface area (Å²) in [5.41, 5.74) is 2.13. The summed E-state index contributed by atoms with van der Waals surface area (Å²) in [5, 5.41) is 9.02. The summed E-state index contributed by atoms with van der Waals surface area (Å²) in [6.07, 6.45) is 0. The number of anilines is 1. The van der Waals surface area contributed by atoms with E-state index in [0.717, 1.165) is 5.82 Å². The third-order valence-corrected chi connectivity index (χ3v) is 7.56. The Morgan fingerprint density at radius 1 is 1.19 bits per heavy atom. The first kappa shape index (κ1) is 22.7. The van der Waals surface area contributed by atoms with Gasteiger partial charge in [0.1, 0.15) is 5.82 Å². The van der Waals surface area contributed by atoms with Gasteiger partial charge in [-0.05, 0) is 56.7 Å². The van der Waals surface area contributed by atoms with Crippen LogP contribution < -0.4 is 4.90 Å².